The fourth-order valence-electron chi connectivity index (χ4n) is 2.61. The van der Waals surface area contributed by atoms with Crippen molar-refractivity contribution < 1.29 is 19.1 Å². The molecule has 0 bridgehead atoms. The lowest BCUT2D eigenvalue weighted by molar-refractivity contribution is -0.130. The van der Waals surface area contributed by atoms with Gasteiger partial charge in [-0.05, 0) is 36.3 Å². The molecule has 2 aromatic rings. The van der Waals surface area contributed by atoms with Crippen LogP contribution in [0.3, 0.4) is 0 Å². The summed E-state index contributed by atoms with van der Waals surface area (Å²) >= 11 is 0. The molecular weight excluding hydrogens is 306 g/mol. The summed E-state index contributed by atoms with van der Waals surface area (Å²) in [6.07, 6.45) is 0.989. The van der Waals surface area contributed by atoms with Crippen LogP contribution in [0.25, 0.3) is 6.08 Å². The number of methoxy groups -OCH3 is 1. The van der Waals surface area contributed by atoms with Gasteiger partial charge in [-0.25, -0.2) is 9.59 Å². The lowest BCUT2D eigenvalue weighted by atomic mass is 10.1. The smallest absolute Gasteiger partial charge is 0.423 e. The number of hydrogen-bond donors (Lipinski definition) is 0. The Hall–Kier alpha value is -3.08. The van der Waals surface area contributed by atoms with Gasteiger partial charge in [-0.3, -0.25) is 4.90 Å². The number of carbonyl (C=O) groups is 2. The monoisotopic (exact) mass is 323 g/mol. The van der Waals surface area contributed by atoms with Crippen LogP contribution >= 0.6 is 0 Å². The van der Waals surface area contributed by atoms with Crippen LogP contribution in [0.2, 0.25) is 0 Å². The minimum atomic E-state index is -0.656. The van der Waals surface area contributed by atoms with Gasteiger partial charge in [0.2, 0.25) is 0 Å². The second-order valence-electron chi connectivity index (χ2n) is 5.41. The summed E-state index contributed by atoms with van der Waals surface area (Å²) in [7, 11) is 1.59. The van der Waals surface area contributed by atoms with E-state index in [0.717, 1.165) is 16.9 Å². The quantitative estimate of drug-likeness (QED) is 0.488. The maximum Gasteiger partial charge on any atom is 0.423 e. The van der Waals surface area contributed by atoms with Gasteiger partial charge >= 0.3 is 12.1 Å². The highest BCUT2D eigenvalue weighted by atomic mass is 16.6. The molecule has 1 unspecified atom stereocenters. The first-order valence-corrected chi connectivity index (χ1v) is 7.56. The van der Waals surface area contributed by atoms with Crippen molar-refractivity contribution in [3.63, 3.8) is 0 Å². The second kappa shape index (κ2) is 6.58. The van der Waals surface area contributed by atoms with Gasteiger partial charge in [-0.2, -0.15) is 0 Å². The maximum absolute atomic E-state index is 12.1. The van der Waals surface area contributed by atoms with Crippen LogP contribution in [0.1, 0.15) is 24.1 Å². The van der Waals surface area contributed by atoms with E-state index in [-0.39, 0.29) is 11.7 Å². The first-order valence-electron chi connectivity index (χ1n) is 7.56. The number of hydrogen-bond acceptors (Lipinski definition) is 4. The Morgan fingerprint density at radius 3 is 2.33 bits per heavy atom. The number of benzene rings is 2. The molecule has 2 aromatic carbocycles. The highest BCUT2D eigenvalue weighted by Crippen LogP contribution is 2.31. The molecule has 0 aromatic heterocycles. The summed E-state index contributed by atoms with van der Waals surface area (Å²) in [5, 5.41) is 0. The normalized spacial score (nSPS) is 17.1. The van der Waals surface area contributed by atoms with Gasteiger partial charge in [-0.15, -0.1) is 0 Å². The molecule has 1 aliphatic rings. The molecule has 0 saturated carbocycles. The molecular formula is C19H17NO4. The van der Waals surface area contributed by atoms with Crippen molar-refractivity contribution in [1.82, 2.24) is 4.90 Å². The summed E-state index contributed by atoms with van der Waals surface area (Å²) in [6, 6.07) is 16.4. The van der Waals surface area contributed by atoms with Crippen LogP contribution < -0.4 is 4.74 Å². The molecule has 5 heteroatoms. The Labute approximate surface area is 140 Å². The molecule has 1 amide bonds. The maximum atomic E-state index is 12.1. The van der Waals surface area contributed by atoms with Crippen molar-refractivity contribution in [3.8, 4) is 5.75 Å². The third-order valence-corrected chi connectivity index (χ3v) is 3.93. The topological polar surface area (TPSA) is 55.8 Å². The van der Waals surface area contributed by atoms with Crippen LogP contribution in [-0.4, -0.2) is 24.1 Å². The van der Waals surface area contributed by atoms with E-state index in [1.54, 1.807) is 25.3 Å². The molecule has 1 atom stereocenters. The van der Waals surface area contributed by atoms with Crippen molar-refractivity contribution in [3.05, 3.63) is 71.4 Å². The Balaban J connectivity index is 1.95. The summed E-state index contributed by atoms with van der Waals surface area (Å²) < 4.78 is 9.92. The van der Waals surface area contributed by atoms with Gasteiger partial charge in [0.1, 0.15) is 11.4 Å². The van der Waals surface area contributed by atoms with Gasteiger partial charge in [0, 0.05) is 0 Å². The van der Waals surface area contributed by atoms with E-state index in [1.807, 2.05) is 49.4 Å². The van der Waals surface area contributed by atoms with E-state index >= 15 is 0 Å². The van der Waals surface area contributed by atoms with Crippen molar-refractivity contribution in [2.24, 2.45) is 0 Å². The predicted octanol–water partition coefficient (Wildman–Crippen LogP) is 3.78. The molecule has 0 spiro atoms. The predicted molar refractivity (Wildman–Crippen MR) is 89.2 cm³/mol. The number of ether oxygens (including phenoxy) is 2. The molecule has 0 radical (unpaired) electrons. The standard InChI is InChI=1S/C19H17NO4/c1-13(15-6-4-3-5-7-15)20-17(18(21)24-19(20)22)12-14-8-10-16(23-2)11-9-14/h3-13H,1-2H3. The number of rotatable bonds is 4. The molecule has 3 rings (SSSR count). The first kappa shape index (κ1) is 15.8. The van der Waals surface area contributed by atoms with Gasteiger partial charge in [0.05, 0.1) is 13.2 Å². The fourth-order valence-corrected chi connectivity index (χ4v) is 2.61. The third-order valence-electron chi connectivity index (χ3n) is 3.93. The second-order valence-corrected chi connectivity index (χ2v) is 5.41. The largest absolute Gasteiger partial charge is 0.497 e. The molecule has 122 valence electrons. The van der Waals surface area contributed by atoms with Gasteiger partial charge < -0.3 is 9.47 Å². The SMILES string of the molecule is COc1ccc(C=C2C(=O)OC(=O)N2C(C)c2ccccc2)cc1. The first-order chi connectivity index (χ1) is 11.6. The third kappa shape index (κ3) is 3.01. The Morgan fingerprint density at radius 1 is 1.04 bits per heavy atom. The van der Waals surface area contributed by atoms with Gasteiger partial charge in [0.25, 0.3) is 0 Å². The molecule has 1 aliphatic heterocycles. The summed E-state index contributed by atoms with van der Waals surface area (Å²) in [6.45, 7) is 1.86. The lowest BCUT2D eigenvalue weighted by Gasteiger charge is -2.22. The number of amides is 1. The van der Waals surface area contributed by atoms with Crippen molar-refractivity contribution in [1.29, 1.82) is 0 Å². The molecule has 1 saturated heterocycles. The van der Waals surface area contributed by atoms with Crippen LogP contribution in [0.15, 0.2) is 60.3 Å². The highest BCUT2D eigenvalue weighted by molar-refractivity contribution is 6.07. The summed E-state index contributed by atoms with van der Waals surface area (Å²) in [4.78, 5) is 25.6. The number of esters is 1. The van der Waals surface area contributed by atoms with Crippen molar-refractivity contribution >= 4 is 18.1 Å². The lowest BCUT2D eigenvalue weighted by Crippen LogP contribution is -2.26. The van der Waals surface area contributed by atoms with Crippen LogP contribution in [0.5, 0.6) is 5.75 Å². The summed E-state index contributed by atoms with van der Waals surface area (Å²) in [5.41, 5.74) is 1.93. The minimum absolute atomic E-state index is 0.224. The van der Waals surface area contributed by atoms with Gasteiger partial charge in [-0.1, -0.05) is 42.5 Å². The average molecular weight is 323 g/mol. The van der Waals surface area contributed by atoms with Gasteiger partial charge in [0.15, 0.2) is 0 Å². The molecule has 24 heavy (non-hydrogen) atoms. The van der Waals surface area contributed by atoms with E-state index < -0.39 is 12.1 Å². The molecule has 0 N–H and O–H groups in total. The van der Waals surface area contributed by atoms with Crippen LogP contribution in [0.4, 0.5) is 4.79 Å². The van der Waals surface area contributed by atoms with E-state index in [0.29, 0.717) is 0 Å². The van der Waals surface area contributed by atoms with Crippen LogP contribution in [0, 0.1) is 0 Å². The van der Waals surface area contributed by atoms with Crippen LogP contribution in [-0.2, 0) is 9.53 Å². The minimum Gasteiger partial charge on any atom is -0.497 e. The van der Waals surface area contributed by atoms with E-state index in [1.165, 1.54) is 4.90 Å². The highest BCUT2D eigenvalue weighted by Gasteiger charge is 2.39. The number of carbonyl (C=O) groups excluding carboxylic acids is 2. The average Bonchev–Trinajstić information content (AvgIpc) is 2.89. The molecule has 1 fully saturated rings. The summed E-state index contributed by atoms with van der Waals surface area (Å²) in [5.74, 6) is 0.0790. The zero-order valence-corrected chi connectivity index (χ0v) is 13.4. The van der Waals surface area contributed by atoms with E-state index in [2.05, 4.69) is 0 Å². The molecule has 5 nitrogen and oxygen atoms in total. The Morgan fingerprint density at radius 2 is 1.71 bits per heavy atom. The number of nitrogens with zero attached hydrogens (tertiary/aromatic N) is 1. The molecule has 0 aliphatic carbocycles. The fraction of sp³-hybridized carbons (Fsp3) is 0.158. The van der Waals surface area contributed by atoms with E-state index in [9.17, 15) is 9.59 Å². The van der Waals surface area contributed by atoms with Crippen molar-refractivity contribution in [2.45, 2.75) is 13.0 Å². The van der Waals surface area contributed by atoms with Crippen molar-refractivity contribution in [2.75, 3.05) is 7.11 Å². The zero-order valence-electron chi connectivity index (χ0n) is 13.4. The zero-order chi connectivity index (χ0) is 17.1. The van der Waals surface area contributed by atoms with E-state index in [4.69, 9.17) is 9.47 Å². The number of cyclic esters (lactones) is 2. The Kier molecular flexibility index (Phi) is 4.33. The Bertz CT molecular complexity index is 781. The molecule has 1 heterocycles.